The van der Waals surface area contributed by atoms with E-state index in [0.717, 1.165) is 12.0 Å². The summed E-state index contributed by atoms with van der Waals surface area (Å²) < 4.78 is 0. The first-order valence-corrected chi connectivity index (χ1v) is 6.82. The van der Waals surface area contributed by atoms with Crippen LogP contribution in [0.25, 0.3) is 0 Å². The normalized spacial score (nSPS) is 35.0. The summed E-state index contributed by atoms with van der Waals surface area (Å²) in [5.74, 6) is 0.907. The Balaban J connectivity index is 1.75. The molecule has 0 aliphatic carbocycles. The molecule has 0 aromatic carbocycles. The summed E-state index contributed by atoms with van der Waals surface area (Å²) in [5.41, 5.74) is 0. The molecule has 2 unspecified atom stereocenters. The van der Waals surface area contributed by atoms with Crippen LogP contribution in [0, 0.1) is 5.92 Å². The molecule has 2 heterocycles. The van der Waals surface area contributed by atoms with E-state index in [0.29, 0.717) is 0 Å². The standard InChI is InChI=1S/C13H26N2/c1-12-13(7-8-14-12)11-15-9-5-3-2-4-6-10-15/h12-14H,2-11H2,1H3. The van der Waals surface area contributed by atoms with Gasteiger partial charge in [0.1, 0.15) is 0 Å². The minimum atomic E-state index is 0.746. The maximum atomic E-state index is 3.56. The van der Waals surface area contributed by atoms with Gasteiger partial charge in [-0.05, 0) is 51.7 Å². The van der Waals surface area contributed by atoms with Crippen molar-refractivity contribution in [1.29, 1.82) is 0 Å². The van der Waals surface area contributed by atoms with Crippen molar-refractivity contribution in [2.45, 2.75) is 51.5 Å². The fraction of sp³-hybridized carbons (Fsp3) is 1.00. The summed E-state index contributed by atoms with van der Waals surface area (Å²) in [6.45, 7) is 7.63. The lowest BCUT2D eigenvalue weighted by Crippen LogP contribution is -2.36. The third kappa shape index (κ3) is 3.46. The predicted octanol–water partition coefficient (Wildman–Crippen LogP) is 2.25. The Morgan fingerprint density at radius 2 is 1.73 bits per heavy atom. The molecular weight excluding hydrogens is 184 g/mol. The molecular formula is C13H26N2. The minimum Gasteiger partial charge on any atom is -0.314 e. The second-order valence-electron chi connectivity index (χ2n) is 5.36. The van der Waals surface area contributed by atoms with Crippen LogP contribution >= 0.6 is 0 Å². The quantitative estimate of drug-likeness (QED) is 0.752. The van der Waals surface area contributed by atoms with E-state index in [1.54, 1.807) is 0 Å². The van der Waals surface area contributed by atoms with Crippen LogP contribution < -0.4 is 5.32 Å². The molecule has 1 N–H and O–H groups in total. The largest absolute Gasteiger partial charge is 0.314 e. The van der Waals surface area contributed by atoms with E-state index < -0.39 is 0 Å². The van der Waals surface area contributed by atoms with Crippen molar-refractivity contribution < 1.29 is 0 Å². The van der Waals surface area contributed by atoms with Crippen LogP contribution in [0.5, 0.6) is 0 Å². The molecule has 2 nitrogen and oxygen atoms in total. The number of nitrogens with one attached hydrogen (secondary N) is 1. The first-order valence-electron chi connectivity index (χ1n) is 6.82. The molecule has 2 aliphatic rings. The fourth-order valence-electron chi connectivity index (χ4n) is 2.99. The van der Waals surface area contributed by atoms with Gasteiger partial charge in [0.2, 0.25) is 0 Å². The summed E-state index contributed by atoms with van der Waals surface area (Å²) >= 11 is 0. The number of hydrogen-bond donors (Lipinski definition) is 1. The van der Waals surface area contributed by atoms with Crippen LogP contribution in [0.4, 0.5) is 0 Å². The summed E-state index contributed by atoms with van der Waals surface area (Å²) in [6, 6.07) is 0.746. The predicted molar refractivity (Wildman–Crippen MR) is 65.1 cm³/mol. The van der Waals surface area contributed by atoms with Crippen LogP contribution in [0.3, 0.4) is 0 Å². The van der Waals surface area contributed by atoms with Crippen molar-refractivity contribution in [3.05, 3.63) is 0 Å². The molecule has 0 radical (unpaired) electrons. The topological polar surface area (TPSA) is 15.3 Å². The Bertz CT molecular complexity index is 173. The SMILES string of the molecule is CC1NCCC1CN1CCCCCCC1. The Labute approximate surface area is 94.4 Å². The zero-order valence-corrected chi connectivity index (χ0v) is 10.2. The van der Waals surface area contributed by atoms with Crippen LogP contribution in [0.1, 0.15) is 45.4 Å². The maximum Gasteiger partial charge on any atom is 0.00796 e. The van der Waals surface area contributed by atoms with Crippen LogP contribution in [-0.4, -0.2) is 37.1 Å². The molecule has 88 valence electrons. The summed E-state index contributed by atoms with van der Waals surface area (Å²) in [7, 11) is 0. The van der Waals surface area contributed by atoms with E-state index in [2.05, 4.69) is 17.1 Å². The zero-order valence-electron chi connectivity index (χ0n) is 10.2. The highest BCUT2D eigenvalue weighted by Gasteiger charge is 2.24. The average molecular weight is 210 g/mol. The minimum absolute atomic E-state index is 0.746. The number of hydrogen-bond acceptors (Lipinski definition) is 2. The van der Waals surface area contributed by atoms with Crippen LogP contribution in [0.15, 0.2) is 0 Å². The van der Waals surface area contributed by atoms with E-state index >= 15 is 0 Å². The Kier molecular flexibility index (Phi) is 4.45. The molecule has 2 heteroatoms. The number of nitrogens with zero attached hydrogens (tertiary/aromatic N) is 1. The Morgan fingerprint density at radius 3 is 2.33 bits per heavy atom. The maximum absolute atomic E-state index is 3.56. The molecule has 0 saturated carbocycles. The van der Waals surface area contributed by atoms with E-state index in [9.17, 15) is 0 Å². The molecule has 0 aromatic heterocycles. The van der Waals surface area contributed by atoms with Crippen LogP contribution in [0.2, 0.25) is 0 Å². The summed E-state index contributed by atoms with van der Waals surface area (Å²) in [5, 5.41) is 3.56. The molecule has 0 bridgehead atoms. The third-order valence-corrected chi connectivity index (χ3v) is 4.13. The van der Waals surface area contributed by atoms with Crippen molar-refractivity contribution in [3.63, 3.8) is 0 Å². The second kappa shape index (κ2) is 5.86. The summed E-state index contributed by atoms with van der Waals surface area (Å²) in [6.07, 6.45) is 8.61. The van der Waals surface area contributed by atoms with Gasteiger partial charge in [0.05, 0.1) is 0 Å². The van der Waals surface area contributed by atoms with Gasteiger partial charge in [-0.25, -0.2) is 0 Å². The van der Waals surface area contributed by atoms with E-state index in [-0.39, 0.29) is 0 Å². The molecule has 2 fully saturated rings. The highest BCUT2D eigenvalue weighted by Crippen LogP contribution is 2.18. The van der Waals surface area contributed by atoms with Gasteiger partial charge in [-0.2, -0.15) is 0 Å². The first-order chi connectivity index (χ1) is 7.36. The highest BCUT2D eigenvalue weighted by molar-refractivity contribution is 4.82. The van der Waals surface area contributed by atoms with Crippen molar-refractivity contribution in [3.8, 4) is 0 Å². The van der Waals surface area contributed by atoms with Crippen molar-refractivity contribution in [1.82, 2.24) is 10.2 Å². The molecule has 2 saturated heterocycles. The third-order valence-electron chi connectivity index (χ3n) is 4.13. The first kappa shape index (κ1) is 11.4. The Hall–Kier alpha value is -0.0800. The lowest BCUT2D eigenvalue weighted by atomic mass is 10.00. The second-order valence-corrected chi connectivity index (χ2v) is 5.36. The van der Waals surface area contributed by atoms with Gasteiger partial charge in [0.25, 0.3) is 0 Å². The molecule has 2 rings (SSSR count). The number of rotatable bonds is 2. The molecule has 0 amide bonds. The van der Waals surface area contributed by atoms with Crippen molar-refractivity contribution in [2.24, 2.45) is 5.92 Å². The van der Waals surface area contributed by atoms with Gasteiger partial charge < -0.3 is 10.2 Å². The lowest BCUT2D eigenvalue weighted by Gasteiger charge is -2.28. The van der Waals surface area contributed by atoms with Gasteiger partial charge >= 0.3 is 0 Å². The smallest absolute Gasteiger partial charge is 0.00796 e. The molecule has 2 atom stereocenters. The van der Waals surface area contributed by atoms with Crippen molar-refractivity contribution in [2.75, 3.05) is 26.2 Å². The Morgan fingerprint density at radius 1 is 1.07 bits per heavy atom. The van der Waals surface area contributed by atoms with Gasteiger partial charge in [-0.1, -0.05) is 19.3 Å². The number of likely N-dealkylation sites (tertiary alicyclic amines) is 1. The fourth-order valence-corrected chi connectivity index (χ4v) is 2.99. The molecule has 15 heavy (non-hydrogen) atoms. The van der Waals surface area contributed by atoms with Gasteiger partial charge in [-0.3, -0.25) is 0 Å². The monoisotopic (exact) mass is 210 g/mol. The molecule has 0 spiro atoms. The van der Waals surface area contributed by atoms with E-state index in [1.807, 2.05) is 0 Å². The van der Waals surface area contributed by atoms with Gasteiger partial charge in [0, 0.05) is 12.6 Å². The molecule has 0 aromatic rings. The summed E-state index contributed by atoms with van der Waals surface area (Å²) in [4.78, 5) is 2.72. The lowest BCUT2D eigenvalue weighted by molar-refractivity contribution is 0.205. The van der Waals surface area contributed by atoms with Gasteiger partial charge in [0.15, 0.2) is 0 Å². The van der Waals surface area contributed by atoms with Crippen molar-refractivity contribution >= 4 is 0 Å². The molecule has 2 aliphatic heterocycles. The zero-order chi connectivity index (χ0) is 10.5. The van der Waals surface area contributed by atoms with E-state index in [4.69, 9.17) is 0 Å². The highest BCUT2D eigenvalue weighted by atomic mass is 15.1. The van der Waals surface area contributed by atoms with E-state index in [1.165, 1.54) is 64.7 Å². The van der Waals surface area contributed by atoms with Gasteiger partial charge in [-0.15, -0.1) is 0 Å². The van der Waals surface area contributed by atoms with Crippen LogP contribution in [-0.2, 0) is 0 Å². The average Bonchev–Trinajstić information content (AvgIpc) is 2.56.